The molecular weight excluding hydrogens is 212 g/mol. The standard InChI is InChI=1S/C15H20O2/c1-10(11-5-6-11)15(16)12-3-2-4-14(9-12)17-13-7-8-13/h2-4,9-11,13,15-16H,5-8H2,1H3. The molecule has 0 spiro atoms. The Hall–Kier alpha value is -1.02. The van der Waals surface area contributed by atoms with Gasteiger partial charge in [-0.15, -0.1) is 0 Å². The molecular formula is C15H20O2. The summed E-state index contributed by atoms with van der Waals surface area (Å²) in [4.78, 5) is 0. The molecule has 0 heterocycles. The Morgan fingerprint density at radius 3 is 2.65 bits per heavy atom. The van der Waals surface area contributed by atoms with E-state index in [1.54, 1.807) is 0 Å². The third kappa shape index (κ3) is 2.63. The average Bonchev–Trinajstić information content (AvgIpc) is 3.19. The highest BCUT2D eigenvalue weighted by Crippen LogP contribution is 2.43. The number of hydrogen-bond acceptors (Lipinski definition) is 2. The molecule has 1 N–H and O–H groups in total. The molecule has 17 heavy (non-hydrogen) atoms. The Kier molecular flexibility index (Phi) is 2.83. The molecule has 0 radical (unpaired) electrons. The van der Waals surface area contributed by atoms with Crippen LogP contribution in [0, 0.1) is 11.8 Å². The second-order valence-corrected chi connectivity index (χ2v) is 5.53. The fraction of sp³-hybridized carbons (Fsp3) is 0.600. The number of rotatable bonds is 5. The first-order chi connectivity index (χ1) is 8.24. The van der Waals surface area contributed by atoms with Gasteiger partial charge in [-0.1, -0.05) is 19.1 Å². The van der Waals surface area contributed by atoms with E-state index in [-0.39, 0.29) is 6.10 Å². The monoisotopic (exact) mass is 232 g/mol. The summed E-state index contributed by atoms with van der Waals surface area (Å²) in [5, 5.41) is 10.3. The third-order valence-corrected chi connectivity index (χ3v) is 3.89. The van der Waals surface area contributed by atoms with E-state index in [0.717, 1.165) is 17.2 Å². The molecule has 3 rings (SSSR count). The maximum atomic E-state index is 10.3. The van der Waals surface area contributed by atoms with Crippen LogP contribution in [0.4, 0.5) is 0 Å². The molecule has 1 aromatic carbocycles. The van der Waals surface area contributed by atoms with Gasteiger partial charge in [-0.25, -0.2) is 0 Å². The largest absolute Gasteiger partial charge is 0.490 e. The lowest BCUT2D eigenvalue weighted by Crippen LogP contribution is -2.11. The Balaban J connectivity index is 1.71. The van der Waals surface area contributed by atoms with Crippen molar-refractivity contribution in [3.63, 3.8) is 0 Å². The van der Waals surface area contributed by atoms with Gasteiger partial charge in [-0.05, 0) is 55.2 Å². The first-order valence-corrected chi connectivity index (χ1v) is 6.69. The van der Waals surface area contributed by atoms with Crippen LogP contribution in [0.5, 0.6) is 5.75 Å². The Morgan fingerprint density at radius 1 is 1.24 bits per heavy atom. The molecule has 2 nitrogen and oxygen atoms in total. The maximum absolute atomic E-state index is 10.3. The van der Waals surface area contributed by atoms with Crippen molar-refractivity contribution in [2.45, 2.75) is 44.8 Å². The van der Waals surface area contributed by atoms with Crippen molar-refractivity contribution in [1.29, 1.82) is 0 Å². The molecule has 2 fully saturated rings. The maximum Gasteiger partial charge on any atom is 0.120 e. The molecule has 2 saturated carbocycles. The van der Waals surface area contributed by atoms with Crippen LogP contribution < -0.4 is 4.74 Å². The minimum absolute atomic E-state index is 0.342. The fourth-order valence-corrected chi connectivity index (χ4v) is 2.33. The van der Waals surface area contributed by atoms with Gasteiger partial charge in [-0.3, -0.25) is 0 Å². The van der Waals surface area contributed by atoms with E-state index in [1.165, 1.54) is 25.7 Å². The highest BCUT2D eigenvalue weighted by Gasteiger charge is 2.33. The summed E-state index contributed by atoms with van der Waals surface area (Å²) in [6, 6.07) is 7.97. The van der Waals surface area contributed by atoms with Crippen LogP contribution in [0.1, 0.15) is 44.3 Å². The predicted molar refractivity (Wildman–Crippen MR) is 66.9 cm³/mol. The normalized spacial score (nSPS) is 23.2. The summed E-state index contributed by atoms with van der Waals surface area (Å²) >= 11 is 0. The highest BCUT2D eigenvalue weighted by atomic mass is 16.5. The van der Waals surface area contributed by atoms with Gasteiger partial charge in [0, 0.05) is 0 Å². The van der Waals surface area contributed by atoms with Crippen molar-refractivity contribution >= 4 is 0 Å². The summed E-state index contributed by atoms with van der Waals surface area (Å²) < 4.78 is 5.76. The van der Waals surface area contributed by atoms with Crippen LogP contribution in [0.3, 0.4) is 0 Å². The van der Waals surface area contributed by atoms with Crippen molar-refractivity contribution < 1.29 is 9.84 Å². The SMILES string of the molecule is CC(C1CC1)C(O)c1cccc(OC2CC2)c1. The molecule has 0 bridgehead atoms. The van der Waals surface area contributed by atoms with Crippen LogP contribution >= 0.6 is 0 Å². The molecule has 2 aliphatic rings. The van der Waals surface area contributed by atoms with Gasteiger partial charge in [0.05, 0.1) is 12.2 Å². The predicted octanol–water partition coefficient (Wildman–Crippen LogP) is 3.31. The minimum Gasteiger partial charge on any atom is -0.490 e. The van der Waals surface area contributed by atoms with Crippen LogP contribution in [-0.4, -0.2) is 11.2 Å². The summed E-state index contributed by atoms with van der Waals surface area (Å²) in [7, 11) is 0. The Labute approximate surface area is 103 Å². The summed E-state index contributed by atoms with van der Waals surface area (Å²) in [5.74, 6) is 2.00. The first kappa shape index (κ1) is 11.1. The molecule has 2 aliphatic carbocycles. The lowest BCUT2D eigenvalue weighted by atomic mass is 9.93. The molecule has 0 amide bonds. The first-order valence-electron chi connectivity index (χ1n) is 6.69. The van der Waals surface area contributed by atoms with E-state index in [9.17, 15) is 5.11 Å². The lowest BCUT2D eigenvalue weighted by Gasteiger charge is -2.19. The van der Waals surface area contributed by atoms with Gasteiger partial charge in [0.2, 0.25) is 0 Å². The van der Waals surface area contributed by atoms with Crippen LogP contribution in [0.2, 0.25) is 0 Å². The van der Waals surface area contributed by atoms with E-state index in [2.05, 4.69) is 6.92 Å². The topological polar surface area (TPSA) is 29.5 Å². The van der Waals surface area contributed by atoms with Gasteiger partial charge in [-0.2, -0.15) is 0 Å². The van der Waals surface area contributed by atoms with E-state index in [1.807, 2.05) is 24.3 Å². The highest BCUT2D eigenvalue weighted by molar-refractivity contribution is 5.30. The quantitative estimate of drug-likeness (QED) is 0.844. The van der Waals surface area contributed by atoms with E-state index >= 15 is 0 Å². The smallest absolute Gasteiger partial charge is 0.120 e. The van der Waals surface area contributed by atoms with E-state index in [0.29, 0.717) is 12.0 Å². The van der Waals surface area contributed by atoms with E-state index < -0.39 is 0 Å². The van der Waals surface area contributed by atoms with Gasteiger partial charge >= 0.3 is 0 Å². The number of aliphatic hydroxyl groups excluding tert-OH is 1. The van der Waals surface area contributed by atoms with Crippen molar-refractivity contribution in [1.82, 2.24) is 0 Å². The van der Waals surface area contributed by atoms with Crippen molar-refractivity contribution in [3.8, 4) is 5.75 Å². The van der Waals surface area contributed by atoms with Crippen molar-refractivity contribution in [2.75, 3.05) is 0 Å². The van der Waals surface area contributed by atoms with Crippen LogP contribution in [0.15, 0.2) is 24.3 Å². The average molecular weight is 232 g/mol. The van der Waals surface area contributed by atoms with Crippen molar-refractivity contribution in [2.24, 2.45) is 11.8 Å². The second kappa shape index (κ2) is 4.34. The molecule has 2 unspecified atom stereocenters. The van der Waals surface area contributed by atoms with Gasteiger partial charge < -0.3 is 9.84 Å². The Morgan fingerprint density at radius 2 is 2.00 bits per heavy atom. The zero-order valence-corrected chi connectivity index (χ0v) is 10.3. The fourth-order valence-electron chi connectivity index (χ4n) is 2.33. The van der Waals surface area contributed by atoms with Gasteiger partial charge in [0.1, 0.15) is 5.75 Å². The summed E-state index contributed by atoms with van der Waals surface area (Å²) in [5.41, 5.74) is 1.00. The summed E-state index contributed by atoms with van der Waals surface area (Å²) in [6.07, 6.45) is 4.97. The number of aliphatic hydroxyl groups is 1. The minimum atomic E-state index is -0.342. The number of hydrogen-bond donors (Lipinski definition) is 1. The molecule has 0 saturated heterocycles. The van der Waals surface area contributed by atoms with Gasteiger partial charge in [0.15, 0.2) is 0 Å². The van der Waals surface area contributed by atoms with Crippen LogP contribution in [-0.2, 0) is 0 Å². The number of benzene rings is 1. The zero-order chi connectivity index (χ0) is 11.8. The molecule has 2 atom stereocenters. The van der Waals surface area contributed by atoms with E-state index in [4.69, 9.17) is 4.74 Å². The van der Waals surface area contributed by atoms with Gasteiger partial charge in [0.25, 0.3) is 0 Å². The molecule has 2 heteroatoms. The second-order valence-electron chi connectivity index (χ2n) is 5.53. The number of ether oxygens (including phenoxy) is 1. The molecule has 0 aromatic heterocycles. The molecule has 0 aliphatic heterocycles. The zero-order valence-electron chi connectivity index (χ0n) is 10.3. The Bertz CT molecular complexity index is 394. The van der Waals surface area contributed by atoms with Crippen LogP contribution in [0.25, 0.3) is 0 Å². The lowest BCUT2D eigenvalue weighted by molar-refractivity contribution is 0.105. The van der Waals surface area contributed by atoms with Crippen molar-refractivity contribution in [3.05, 3.63) is 29.8 Å². The summed E-state index contributed by atoms with van der Waals surface area (Å²) in [6.45, 7) is 2.15. The molecule has 92 valence electrons. The third-order valence-electron chi connectivity index (χ3n) is 3.89. The molecule has 1 aromatic rings.